The third kappa shape index (κ3) is 9.70. The topological polar surface area (TPSA) is 160 Å². The van der Waals surface area contributed by atoms with E-state index in [0.29, 0.717) is 50.1 Å². The molecule has 0 spiro atoms. The maximum absolute atomic E-state index is 13.6. The minimum absolute atomic E-state index is 0.0956. The van der Waals surface area contributed by atoms with Crippen LogP contribution in [0.3, 0.4) is 0 Å². The monoisotopic (exact) mass is 596 g/mol. The van der Waals surface area contributed by atoms with Gasteiger partial charge in [0.2, 0.25) is 11.8 Å². The quantitative estimate of drug-likeness (QED) is 0.146. The maximum atomic E-state index is 13.6. The standard InChI is InChI=1S/C26H38BrFN6O4/c1-16(2)7-12-20(33-23(36)17-8-10-18(27)11-9-17)25(38)34-14-4-6-21(34)24(37)32-19(22(35)15-28)5-3-13-31-26(29)30/h8-11,16,19-21H,3-7,12-15H2,1-2H3,(H,32,37)(H,33,36)(H4,29,30,31)/t19-,20-,21-/m0/s1. The highest BCUT2D eigenvalue weighted by molar-refractivity contribution is 9.10. The summed E-state index contributed by atoms with van der Waals surface area (Å²) in [6, 6.07) is 4.12. The second-order valence-electron chi connectivity index (χ2n) is 9.80. The normalized spacial score (nSPS) is 16.6. The Kier molecular flexibility index (Phi) is 12.6. The van der Waals surface area contributed by atoms with E-state index >= 15 is 0 Å². The number of aliphatic imine (C=N–C) groups is 1. The fourth-order valence-corrected chi connectivity index (χ4v) is 4.55. The Morgan fingerprint density at radius 1 is 1.08 bits per heavy atom. The summed E-state index contributed by atoms with van der Waals surface area (Å²) in [5.41, 5.74) is 11.0. The number of alkyl halides is 1. The number of likely N-dealkylation sites (tertiary alicyclic amines) is 1. The molecule has 2 rings (SSSR count). The summed E-state index contributed by atoms with van der Waals surface area (Å²) in [5, 5.41) is 5.46. The summed E-state index contributed by atoms with van der Waals surface area (Å²) >= 11 is 3.34. The van der Waals surface area contributed by atoms with E-state index in [2.05, 4.69) is 31.6 Å². The molecule has 3 atom stereocenters. The Hall–Kier alpha value is -3.02. The number of rotatable bonds is 14. The molecule has 12 heteroatoms. The van der Waals surface area contributed by atoms with Gasteiger partial charge in [-0.05, 0) is 68.7 Å². The summed E-state index contributed by atoms with van der Waals surface area (Å²) in [7, 11) is 0. The van der Waals surface area contributed by atoms with Crippen molar-refractivity contribution in [1.82, 2.24) is 15.5 Å². The summed E-state index contributed by atoms with van der Waals surface area (Å²) < 4.78 is 14.0. The van der Waals surface area contributed by atoms with Gasteiger partial charge in [0.1, 0.15) is 18.8 Å². The highest BCUT2D eigenvalue weighted by atomic mass is 79.9. The molecule has 1 aromatic rings. The summed E-state index contributed by atoms with van der Waals surface area (Å²) in [4.78, 5) is 57.1. The number of benzene rings is 1. The van der Waals surface area contributed by atoms with Crippen LogP contribution >= 0.6 is 15.9 Å². The first-order valence-corrected chi connectivity index (χ1v) is 13.6. The molecule has 0 unspecified atom stereocenters. The van der Waals surface area contributed by atoms with E-state index in [9.17, 15) is 23.6 Å². The van der Waals surface area contributed by atoms with Crippen molar-refractivity contribution in [2.45, 2.75) is 70.5 Å². The third-order valence-corrected chi connectivity index (χ3v) is 6.89. The Balaban J connectivity index is 2.13. The van der Waals surface area contributed by atoms with Gasteiger partial charge >= 0.3 is 0 Å². The molecule has 0 saturated carbocycles. The lowest BCUT2D eigenvalue weighted by Crippen LogP contribution is -2.55. The van der Waals surface area contributed by atoms with Crippen LogP contribution in [0.15, 0.2) is 33.7 Å². The van der Waals surface area contributed by atoms with Gasteiger partial charge in [-0.25, -0.2) is 4.39 Å². The van der Waals surface area contributed by atoms with E-state index in [1.807, 2.05) is 13.8 Å². The number of amides is 3. The smallest absolute Gasteiger partial charge is 0.251 e. The van der Waals surface area contributed by atoms with Gasteiger partial charge in [0, 0.05) is 23.1 Å². The van der Waals surface area contributed by atoms with Crippen LogP contribution < -0.4 is 22.1 Å². The molecule has 1 aliphatic heterocycles. The maximum Gasteiger partial charge on any atom is 0.251 e. The van der Waals surface area contributed by atoms with E-state index in [1.165, 1.54) is 4.90 Å². The van der Waals surface area contributed by atoms with Gasteiger partial charge in [0.15, 0.2) is 11.7 Å². The van der Waals surface area contributed by atoms with Crippen LogP contribution in [0, 0.1) is 5.92 Å². The fraction of sp³-hybridized carbons (Fsp3) is 0.577. The van der Waals surface area contributed by atoms with Gasteiger partial charge in [-0.2, -0.15) is 0 Å². The lowest BCUT2D eigenvalue weighted by atomic mass is 10.0. The predicted molar refractivity (Wildman–Crippen MR) is 147 cm³/mol. The molecular weight excluding hydrogens is 559 g/mol. The first-order chi connectivity index (χ1) is 18.0. The Labute approximate surface area is 231 Å². The second-order valence-corrected chi connectivity index (χ2v) is 10.7. The number of carbonyl (C=O) groups excluding carboxylic acids is 4. The van der Waals surface area contributed by atoms with E-state index in [0.717, 1.165) is 4.47 Å². The third-order valence-electron chi connectivity index (χ3n) is 6.36. The van der Waals surface area contributed by atoms with Crippen LogP contribution in [0.1, 0.15) is 62.7 Å². The molecule has 1 aromatic carbocycles. The highest BCUT2D eigenvalue weighted by Gasteiger charge is 2.38. The molecule has 10 nitrogen and oxygen atoms in total. The number of ketones is 1. The molecule has 1 heterocycles. The van der Waals surface area contributed by atoms with Crippen LogP contribution in [0.2, 0.25) is 0 Å². The van der Waals surface area contributed by atoms with Crippen molar-refractivity contribution in [2.24, 2.45) is 22.4 Å². The SMILES string of the molecule is CC(C)CC[C@H](NC(=O)c1ccc(Br)cc1)C(=O)N1CCC[C@H]1C(=O)N[C@@H](CCCN=C(N)N)C(=O)CF. The Bertz CT molecular complexity index is 1000. The molecule has 6 N–H and O–H groups in total. The molecule has 38 heavy (non-hydrogen) atoms. The largest absolute Gasteiger partial charge is 0.370 e. The molecule has 3 amide bonds. The number of hydrogen-bond donors (Lipinski definition) is 4. The van der Waals surface area contributed by atoms with Crippen LogP contribution in [-0.2, 0) is 14.4 Å². The zero-order valence-corrected chi connectivity index (χ0v) is 23.5. The molecule has 210 valence electrons. The van der Waals surface area contributed by atoms with Crippen LogP contribution in [0.25, 0.3) is 0 Å². The Morgan fingerprint density at radius 2 is 1.76 bits per heavy atom. The average molecular weight is 598 g/mol. The van der Waals surface area contributed by atoms with Crippen LogP contribution in [0.4, 0.5) is 4.39 Å². The van der Waals surface area contributed by atoms with Gasteiger partial charge < -0.3 is 27.0 Å². The van der Waals surface area contributed by atoms with Crippen molar-refractivity contribution in [3.8, 4) is 0 Å². The van der Waals surface area contributed by atoms with E-state index in [4.69, 9.17) is 11.5 Å². The van der Waals surface area contributed by atoms with Crippen molar-refractivity contribution in [2.75, 3.05) is 19.8 Å². The van der Waals surface area contributed by atoms with Crippen LogP contribution in [0.5, 0.6) is 0 Å². The van der Waals surface area contributed by atoms with Gasteiger partial charge in [0.05, 0.1) is 6.04 Å². The second kappa shape index (κ2) is 15.4. The molecule has 1 saturated heterocycles. The van der Waals surface area contributed by atoms with E-state index < -0.39 is 36.5 Å². The lowest BCUT2D eigenvalue weighted by molar-refractivity contribution is -0.140. The van der Waals surface area contributed by atoms with Crippen LogP contribution in [-0.4, -0.2) is 72.3 Å². The minimum Gasteiger partial charge on any atom is -0.370 e. The molecule has 0 aromatic heterocycles. The molecule has 1 fully saturated rings. The number of nitrogens with two attached hydrogens (primary N) is 2. The van der Waals surface area contributed by atoms with Crippen molar-refractivity contribution in [1.29, 1.82) is 0 Å². The summed E-state index contributed by atoms with van der Waals surface area (Å²) in [5.74, 6) is -1.80. The molecule has 0 aliphatic carbocycles. The molecular formula is C26H38BrFN6O4. The average Bonchev–Trinajstić information content (AvgIpc) is 3.37. The van der Waals surface area contributed by atoms with Gasteiger partial charge in [-0.15, -0.1) is 0 Å². The predicted octanol–water partition coefficient (Wildman–Crippen LogP) is 2.05. The molecule has 0 bridgehead atoms. The first kappa shape index (κ1) is 31.2. The number of nitrogens with zero attached hydrogens (tertiary/aromatic N) is 2. The summed E-state index contributed by atoms with van der Waals surface area (Å²) in [6.45, 7) is 3.41. The van der Waals surface area contributed by atoms with Crippen molar-refractivity contribution < 1.29 is 23.6 Å². The molecule has 1 aliphatic rings. The first-order valence-electron chi connectivity index (χ1n) is 12.8. The summed E-state index contributed by atoms with van der Waals surface area (Å²) in [6.07, 6.45) is 2.63. The van der Waals surface area contributed by atoms with Crippen molar-refractivity contribution in [3.05, 3.63) is 34.3 Å². The fourth-order valence-electron chi connectivity index (χ4n) is 4.28. The number of guanidine groups is 1. The number of halogens is 2. The zero-order valence-electron chi connectivity index (χ0n) is 21.9. The van der Waals surface area contributed by atoms with Gasteiger partial charge in [-0.3, -0.25) is 24.2 Å². The lowest BCUT2D eigenvalue weighted by Gasteiger charge is -2.30. The Morgan fingerprint density at radius 3 is 2.37 bits per heavy atom. The van der Waals surface area contributed by atoms with E-state index in [-0.39, 0.29) is 30.7 Å². The number of nitrogens with one attached hydrogen (secondary N) is 2. The van der Waals surface area contributed by atoms with Crippen molar-refractivity contribution >= 4 is 45.4 Å². The number of hydrogen-bond acceptors (Lipinski definition) is 5. The zero-order chi connectivity index (χ0) is 28.2. The number of carbonyl (C=O) groups is 4. The highest BCUT2D eigenvalue weighted by Crippen LogP contribution is 2.21. The molecule has 0 radical (unpaired) electrons. The van der Waals surface area contributed by atoms with Crippen molar-refractivity contribution in [3.63, 3.8) is 0 Å². The van der Waals surface area contributed by atoms with E-state index in [1.54, 1.807) is 24.3 Å². The minimum atomic E-state index is -1.22. The van der Waals surface area contributed by atoms with Gasteiger partial charge in [0.25, 0.3) is 5.91 Å². The number of Topliss-reactive ketones (excluding diaryl/α,β-unsaturated/α-hetero) is 1. The van der Waals surface area contributed by atoms with Gasteiger partial charge in [-0.1, -0.05) is 29.8 Å².